The zero-order valence-corrected chi connectivity index (χ0v) is 9.64. The normalized spacial score (nSPS) is 35.3. The summed E-state index contributed by atoms with van der Waals surface area (Å²) in [7, 11) is 0. The van der Waals surface area contributed by atoms with Crippen LogP contribution in [0.5, 0.6) is 0 Å². The molecule has 78 valence electrons. The van der Waals surface area contributed by atoms with Crippen LogP contribution < -0.4 is 5.32 Å². The molecule has 3 unspecified atom stereocenters. The van der Waals surface area contributed by atoms with Crippen molar-refractivity contribution in [2.75, 3.05) is 6.54 Å². The topological polar surface area (TPSA) is 12.0 Å². The van der Waals surface area contributed by atoms with Gasteiger partial charge < -0.3 is 5.32 Å². The van der Waals surface area contributed by atoms with Gasteiger partial charge in [-0.15, -0.1) is 0 Å². The number of hydrogen-bond donors (Lipinski definition) is 1. The van der Waals surface area contributed by atoms with E-state index in [1.165, 1.54) is 25.8 Å². The van der Waals surface area contributed by atoms with Gasteiger partial charge in [0.2, 0.25) is 0 Å². The summed E-state index contributed by atoms with van der Waals surface area (Å²) >= 11 is 0. The van der Waals surface area contributed by atoms with Crippen molar-refractivity contribution in [1.82, 2.24) is 5.32 Å². The van der Waals surface area contributed by atoms with E-state index in [0.717, 1.165) is 23.8 Å². The van der Waals surface area contributed by atoms with Crippen molar-refractivity contribution >= 4 is 0 Å². The molecule has 3 atom stereocenters. The van der Waals surface area contributed by atoms with Gasteiger partial charge in [0.05, 0.1) is 0 Å². The first kappa shape index (κ1) is 11.0. The van der Waals surface area contributed by atoms with Crippen molar-refractivity contribution in [2.24, 2.45) is 17.8 Å². The third-order valence-electron chi connectivity index (χ3n) is 3.22. The highest BCUT2D eigenvalue weighted by Crippen LogP contribution is 2.28. The maximum absolute atomic E-state index is 3.69. The molecule has 1 aliphatic carbocycles. The molecule has 1 heteroatoms. The molecule has 0 radical (unpaired) electrons. The summed E-state index contributed by atoms with van der Waals surface area (Å²) in [5.74, 6) is 2.61. The van der Waals surface area contributed by atoms with Gasteiger partial charge in [-0.1, -0.05) is 27.7 Å². The van der Waals surface area contributed by atoms with Crippen molar-refractivity contribution < 1.29 is 0 Å². The molecule has 0 spiro atoms. The first-order valence-corrected chi connectivity index (χ1v) is 5.83. The summed E-state index contributed by atoms with van der Waals surface area (Å²) < 4.78 is 0. The Morgan fingerprint density at radius 2 is 1.92 bits per heavy atom. The molecule has 1 aliphatic rings. The van der Waals surface area contributed by atoms with Gasteiger partial charge >= 0.3 is 0 Å². The SMILES string of the molecule is CC(C)CNC1CCC(C)CC1C. The summed E-state index contributed by atoms with van der Waals surface area (Å²) in [5.41, 5.74) is 0. The van der Waals surface area contributed by atoms with Crippen LogP contribution in [0.4, 0.5) is 0 Å². The van der Waals surface area contributed by atoms with Crippen LogP contribution in [-0.4, -0.2) is 12.6 Å². The molecule has 0 amide bonds. The van der Waals surface area contributed by atoms with E-state index in [0.29, 0.717) is 0 Å². The van der Waals surface area contributed by atoms with Gasteiger partial charge in [-0.05, 0) is 43.6 Å². The van der Waals surface area contributed by atoms with Gasteiger partial charge in [0.15, 0.2) is 0 Å². The van der Waals surface area contributed by atoms with Crippen molar-refractivity contribution in [1.29, 1.82) is 0 Å². The van der Waals surface area contributed by atoms with Crippen molar-refractivity contribution in [3.8, 4) is 0 Å². The molecular weight excluding hydrogens is 158 g/mol. The van der Waals surface area contributed by atoms with Crippen LogP contribution in [0.15, 0.2) is 0 Å². The average molecular weight is 183 g/mol. The Labute approximate surface area is 83.3 Å². The van der Waals surface area contributed by atoms with E-state index in [1.807, 2.05) is 0 Å². The van der Waals surface area contributed by atoms with E-state index in [9.17, 15) is 0 Å². The van der Waals surface area contributed by atoms with E-state index in [4.69, 9.17) is 0 Å². The molecule has 1 rings (SSSR count). The van der Waals surface area contributed by atoms with Gasteiger partial charge in [0, 0.05) is 6.04 Å². The second-order valence-corrected chi connectivity index (χ2v) is 5.30. The van der Waals surface area contributed by atoms with Crippen LogP contribution in [0.25, 0.3) is 0 Å². The number of rotatable bonds is 3. The van der Waals surface area contributed by atoms with Gasteiger partial charge in [-0.2, -0.15) is 0 Å². The van der Waals surface area contributed by atoms with Gasteiger partial charge in [-0.3, -0.25) is 0 Å². The summed E-state index contributed by atoms with van der Waals surface area (Å²) in [6.45, 7) is 10.5. The lowest BCUT2D eigenvalue weighted by molar-refractivity contribution is 0.224. The smallest absolute Gasteiger partial charge is 0.00930 e. The summed E-state index contributed by atoms with van der Waals surface area (Å²) in [6, 6.07) is 0.790. The summed E-state index contributed by atoms with van der Waals surface area (Å²) in [4.78, 5) is 0. The molecule has 1 fully saturated rings. The van der Waals surface area contributed by atoms with Crippen molar-refractivity contribution in [3.05, 3.63) is 0 Å². The van der Waals surface area contributed by atoms with Gasteiger partial charge in [-0.25, -0.2) is 0 Å². The Balaban J connectivity index is 2.25. The Bertz CT molecular complexity index is 142. The molecule has 1 nitrogen and oxygen atoms in total. The van der Waals surface area contributed by atoms with Crippen LogP contribution in [0, 0.1) is 17.8 Å². The van der Waals surface area contributed by atoms with Gasteiger partial charge in [0.25, 0.3) is 0 Å². The van der Waals surface area contributed by atoms with Crippen LogP contribution >= 0.6 is 0 Å². The molecule has 0 aromatic rings. The predicted octanol–water partition coefficient (Wildman–Crippen LogP) is 3.06. The van der Waals surface area contributed by atoms with Crippen LogP contribution in [0.3, 0.4) is 0 Å². The monoisotopic (exact) mass is 183 g/mol. The van der Waals surface area contributed by atoms with Crippen LogP contribution in [0.2, 0.25) is 0 Å². The highest BCUT2D eigenvalue weighted by Gasteiger charge is 2.24. The lowest BCUT2D eigenvalue weighted by Gasteiger charge is -2.33. The fourth-order valence-corrected chi connectivity index (χ4v) is 2.36. The third kappa shape index (κ3) is 3.68. The first-order chi connectivity index (χ1) is 6.09. The Hall–Kier alpha value is -0.0400. The second kappa shape index (κ2) is 4.99. The Kier molecular flexibility index (Phi) is 4.24. The molecule has 0 saturated heterocycles. The molecule has 13 heavy (non-hydrogen) atoms. The second-order valence-electron chi connectivity index (χ2n) is 5.30. The van der Waals surface area contributed by atoms with E-state index >= 15 is 0 Å². The van der Waals surface area contributed by atoms with Crippen LogP contribution in [0.1, 0.15) is 47.0 Å². The molecular formula is C12H25N. The fourth-order valence-electron chi connectivity index (χ4n) is 2.36. The Morgan fingerprint density at radius 3 is 2.46 bits per heavy atom. The average Bonchev–Trinajstić information content (AvgIpc) is 2.02. The minimum atomic E-state index is 0.784. The minimum Gasteiger partial charge on any atom is -0.313 e. The fraction of sp³-hybridized carbons (Fsp3) is 1.00. The number of hydrogen-bond acceptors (Lipinski definition) is 1. The lowest BCUT2D eigenvalue weighted by atomic mass is 9.80. The zero-order chi connectivity index (χ0) is 9.84. The molecule has 0 aliphatic heterocycles. The van der Waals surface area contributed by atoms with Crippen molar-refractivity contribution in [2.45, 2.75) is 53.0 Å². The summed E-state index contributed by atoms with van der Waals surface area (Å²) in [5, 5.41) is 3.69. The largest absolute Gasteiger partial charge is 0.313 e. The summed E-state index contributed by atoms with van der Waals surface area (Å²) in [6.07, 6.45) is 4.21. The molecule has 1 saturated carbocycles. The first-order valence-electron chi connectivity index (χ1n) is 5.83. The predicted molar refractivity (Wildman–Crippen MR) is 58.8 cm³/mol. The van der Waals surface area contributed by atoms with E-state index in [2.05, 4.69) is 33.0 Å². The molecule has 0 bridgehead atoms. The van der Waals surface area contributed by atoms with E-state index < -0.39 is 0 Å². The molecule has 1 N–H and O–H groups in total. The van der Waals surface area contributed by atoms with Crippen molar-refractivity contribution in [3.63, 3.8) is 0 Å². The van der Waals surface area contributed by atoms with E-state index in [1.54, 1.807) is 0 Å². The minimum absolute atomic E-state index is 0.784. The molecule has 0 aromatic carbocycles. The molecule has 0 aromatic heterocycles. The standard InChI is InChI=1S/C12H25N/c1-9(2)8-13-12-6-5-10(3)7-11(12)4/h9-13H,5-8H2,1-4H3. The highest BCUT2D eigenvalue weighted by atomic mass is 14.9. The van der Waals surface area contributed by atoms with Crippen LogP contribution in [-0.2, 0) is 0 Å². The zero-order valence-electron chi connectivity index (χ0n) is 9.64. The van der Waals surface area contributed by atoms with E-state index in [-0.39, 0.29) is 0 Å². The quantitative estimate of drug-likeness (QED) is 0.709. The molecule has 0 heterocycles. The maximum atomic E-state index is 3.69. The highest BCUT2D eigenvalue weighted by molar-refractivity contribution is 4.81. The maximum Gasteiger partial charge on any atom is 0.00930 e. The lowest BCUT2D eigenvalue weighted by Crippen LogP contribution is -2.40. The Morgan fingerprint density at radius 1 is 1.23 bits per heavy atom. The number of nitrogens with one attached hydrogen (secondary N) is 1. The third-order valence-corrected chi connectivity index (χ3v) is 3.22. The van der Waals surface area contributed by atoms with Gasteiger partial charge in [0.1, 0.15) is 0 Å².